The van der Waals surface area contributed by atoms with Gasteiger partial charge in [0.15, 0.2) is 5.78 Å². The number of carbonyl (C=O) groups is 3. The first-order chi connectivity index (χ1) is 17.5. The molecule has 0 saturated carbocycles. The van der Waals surface area contributed by atoms with E-state index >= 15 is 0 Å². The van der Waals surface area contributed by atoms with Crippen molar-refractivity contribution in [2.75, 3.05) is 32.1 Å². The fraction of sp³-hybridized carbons (Fsp3) is 0.429. The lowest BCUT2D eigenvalue weighted by molar-refractivity contribution is -0.137. The second kappa shape index (κ2) is 11.5. The number of hydrogen-bond donors (Lipinski definition) is 4. The van der Waals surface area contributed by atoms with E-state index in [2.05, 4.69) is 31.4 Å². The largest absolute Gasteiger partial charge is 0.493 e. The van der Waals surface area contributed by atoms with Gasteiger partial charge in [-0.1, -0.05) is 20.8 Å². The molecular weight excluding hydrogens is 472 g/mol. The smallest absolute Gasteiger partial charge is 0.303 e. The van der Waals surface area contributed by atoms with Crippen molar-refractivity contribution in [3.63, 3.8) is 0 Å². The van der Waals surface area contributed by atoms with E-state index < -0.39 is 5.97 Å². The Hall–Kier alpha value is -3.88. The van der Waals surface area contributed by atoms with E-state index in [4.69, 9.17) is 15.3 Å². The van der Waals surface area contributed by atoms with Gasteiger partial charge in [-0.25, -0.2) is 0 Å². The molecule has 0 atom stereocenters. The molecule has 4 N–H and O–H groups in total. The van der Waals surface area contributed by atoms with E-state index in [1.807, 2.05) is 19.1 Å². The number of carboxylic acid groups (broad SMARTS) is 1. The van der Waals surface area contributed by atoms with Crippen LogP contribution >= 0.6 is 0 Å². The van der Waals surface area contributed by atoms with Crippen molar-refractivity contribution in [3.05, 3.63) is 58.1 Å². The van der Waals surface area contributed by atoms with Crippen LogP contribution in [0.3, 0.4) is 0 Å². The van der Waals surface area contributed by atoms with Crippen LogP contribution < -0.4 is 15.4 Å². The van der Waals surface area contributed by atoms with Crippen LogP contribution in [0.4, 0.5) is 5.69 Å². The van der Waals surface area contributed by atoms with Crippen LogP contribution in [0.1, 0.15) is 77.9 Å². The van der Waals surface area contributed by atoms with Crippen LogP contribution in [0.5, 0.6) is 5.75 Å². The van der Waals surface area contributed by atoms with Gasteiger partial charge in [0.1, 0.15) is 11.6 Å². The molecule has 1 aliphatic heterocycles. The summed E-state index contributed by atoms with van der Waals surface area (Å²) in [5, 5.41) is 23.4. The summed E-state index contributed by atoms with van der Waals surface area (Å²) < 4.78 is 5.66. The summed E-state index contributed by atoms with van der Waals surface area (Å²) in [7, 11) is 1.55. The standard InChI is InChI=1S/C28H36N4O5/c1-6-37-24-13-18-15-32(26(29)19(18)14-20(24)27(36)30-5)16-23(33)17-9-10-22(21(12-17)28(2,3)4)31-11-7-8-25(34)35/h9-10,12-14,29,31H,6-8,11,15-16H2,1-5H3,(H,30,36)(H,34,35). The van der Waals surface area contributed by atoms with Gasteiger partial charge in [-0.3, -0.25) is 19.8 Å². The van der Waals surface area contributed by atoms with Crippen LogP contribution in [0, 0.1) is 5.41 Å². The molecule has 3 rings (SSSR count). The summed E-state index contributed by atoms with van der Waals surface area (Å²) in [5.41, 5.74) is 3.96. The van der Waals surface area contributed by atoms with Crippen molar-refractivity contribution in [1.82, 2.24) is 10.2 Å². The monoisotopic (exact) mass is 508 g/mol. The van der Waals surface area contributed by atoms with Gasteiger partial charge in [0, 0.05) is 43.4 Å². The fourth-order valence-electron chi connectivity index (χ4n) is 4.37. The number of ketones is 1. The third-order valence-corrected chi connectivity index (χ3v) is 6.28. The molecule has 2 aromatic rings. The molecule has 1 aliphatic rings. The third-order valence-electron chi connectivity index (χ3n) is 6.28. The Morgan fingerprint density at radius 2 is 1.89 bits per heavy atom. The maximum atomic E-state index is 13.3. The zero-order chi connectivity index (χ0) is 27.3. The average molecular weight is 509 g/mol. The molecule has 0 unspecified atom stereocenters. The van der Waals surface area contributed by atoms with E-state index in [-0.39, 0.29) is 35.9 Å². The van der Waals surface area contributed by atoms with Gasteiger partial charge in [-0.15, -0.1) is 0 Å². The first-order valence-electron chi connectivity index (χ1n) is 12.4. The van der Waals surface area contributed by atoms with Crippen LogP contribution in [0.25, 0.3) is 0 Å². The zero-order valence-corrected chi connectivity index (χ0v) is 22.2. The van der Waals surface area contributed by atoms with E-state index in [0.717, 1.165) is 16.8 Å². The molecule has 0 radical (unpaired) electrons. The summed E-state index contributed by atoms with van der Waals surface area (Å²) in [6.07, 6.45) is 0.596. The van der Waals surface area contributed by atoms with Crippen molar-refractivity contribution in [3.8, 4) is 5.75 Å². The summed E-state index contributed by atoms with van der Waals surface area (Å²) in [4.78, 5) is 38.1. The summed E-state index contributed by atoms with van der Waals surface area (Å²) in [6, 6.07) is 8.95. The van der Waals surface area contributed by atoms with Crippen molar-refractivity contribution in [2.24, 2.45) is 0 Å². The van der Waals surface area contributed by atoms with E-state index in [1.165, 1.54) is 0 Å². The van der Waals surface area contributed by atoms with Gasteiger partial charge in [0.05, 0.1) is 18.7 Å². The minimum absolute atomic E-state index is 0.0295. The molecule has 0 fully saturated rings. The molecule has 0 spiro atoms. The summed E-state index contributed by atoms with van der Waals surface area (Å²) in [5.74, 6) is -0.573. The second-order valence-electron chi connectivity index (χ2n) is 10.1. The Balaban J connectivity index is 1.79. The predicted molar refractivity (Wildman–Crippen MR) is 143 cm³/mol. The van der Waals surface area contributed by atoms with Gasteiger partial charge in [0.25, 0.3) is 5.91 Å². The Morgan fingerprint density at radius 1 is 1.16 bits per heavy atom. The lowest BCUT2D eigenvalue weighted by Gasteiger charge is -2.25. The molecule has 198 valence electrons. The highest BCUT2D eigenvalue weighted by atomic mass is 16.5. The van der Waals surface area contributed by atoms with Gasteiger partial charge < -0.3 is 25.4 Å². The Kier molecular flexibility index (Phi) is 8.57. The Bertz CT molecular complexity index is 1220. The zero-order valence-electron chi connectivity index (χ0n) is 22.2. The molecular formula is C28H36N4O5. The highest BCUT2D eigenvalue weighted by molar-refractivity contribution is 6.07. The van der Waals surface area contributed by atoms with E-state index in [1.54, 1.807) is 30.1 Å². The first-order valence-corrected chi connectivity index (χ1v) is 12.4. The van der Waals surface area contributed by atoms with Crippen molar-refractivity contribution in [1.29, 1.82) is 5.41 Å². The van der Waals surface area contributed by atoms with E-state index in [9.17, 15) is 14.4 Å². The number of Topliss-reactive ketones (excluding diaryl/α,β-unsaturated/α-hetero) is 1. The number of carboxylic acids is 1. The molecule has 0 aromatic heterocycles. The summed E-state index contributed by atoms with van der Waals surface area (Å²) in [6.45, 7) is 9.36. The van der Waals surface area contributed by atoms with Crippen molar-refractivity contribution < 1.29 is 24.2 Å². The van der Waals surface area contributed by atoms with Crippen molar-refractivity contribution in [2.45, 2.75) is 52.5 Å². The molecule has 0 bridgehead atoms. The van der Waals surface area contributed by atoms with Gasteiger partial charge in [-0.05, 0) is 60.2 Å². The maximum absolute atomic E-state index is 13.3. The summed E-state index contributed by atoms with van der Waals surface area (Å²) >= 11 is 0. The SMILES string of the molecule is CCOc1cc2c(cc1C(=O)NC)C(=N)N(CC(=O)c1ccc(NCCCC(=O)O)c(C(C)(C)C)c1)C2. The number of aliphatic carboxylic acids is 1. The first kappa shape index (κ1) is 27.7. The van der Waals surface area contributed by atoms with Crippen LogP contribution in [0.2, 0.25) is 0 Å². The molecule has 9 nitrogen and oxygen atoms in total. The number of nitrogens with zero attached hydrogens (tertiary/aromatic N) is 1. The third kappa shape index (κ3) is 6.47. The van der Waals surface area contributed by atoms with Gasteiger partial charge >= 0.3 is 5.97 Å². The minimum Gasteiger partial charge on any atom is -0.493 e. The Labute approximate surface area is 217 Å². The second-order valence-corrected chi connectivity index (χ2v) is 10.1. The molecule has 0 saturated heterocycles. The minimum atomic E-state index is -0.826. The normalized spacial score (nSPS) is 12.8. The topological polar surface area (TPSA) is 132 Å². The molecule has 9 heteroatoms. The number of anilines is 1. The van der Waals surface area contributed by atoms with Crippen LogP contribution in [0.15, 0.2) is 30.3 Å². The number of hydrogen-bond acceptors (Lipinski definition) is 6. The number of rotatable bonds is 11. The number of amides is 1. The molecule has 1 heterocycles. The lowest BCUT2D eigenvalue weighted by Crippen LogP contribution is -2.30. The highest BCUT2D eigenvalue weighted by Gasteiger charge is 2.29. The van der Waals surface area contributed by atoms with Gasteiger partial charge in [-0.2, -0.15) is 0 Å². The predicted octanol–water partition coefficient (Wildman–Crippen LogP) is 4.04. The number of ether oxygens (including phenoxy) is 1. The average Bonchev–Trinajstić information content (AvgIpc) is 3.14. The maximum Gasteiger partial charge on any atom is 0.303 e. The Morgan fingerprint density at radius 3 is 2.51 bits per heavy atom. The van der Waals surface area contributed by atoms with Crippen LogP contribution in [-0.2, 0) is 16.8 Å². The number of nitrogens with one attached hydrogen (secondary N) is 3. The number of benzene rings is 2. The number of fused-ring (bicyclic) bond motifs is 1. The van der Waals surface area contributed by atoms with E-state index in [0.29, 0.717) is 48.6 Å². The highest BCUT2D eigenvalue weighted by Crippen LogP contribution is 2.33. The molecule has 1 amide bonds. The molecule has 2 aromatic carbocycles. The molecule has 0 aliphatic carbocycles. The fourth-order valence-corrected chi connectivity index (χ4v) is 4.37. The lowest BCUT2D eigenvalue weighted by atomic mass is 9.84. The number of amidine groups is 1. The van der Waals surface area contributed by atoms with Gasteiger partial charge in [0.2, 0.25) is 0 Å². The van der Waals surface area contributed by atoms with Crippen LogP contribution in [-0.4, -0.2) is 60.2 Å². The molecule has 37 heavy (non-hydrogen) atoms. The van der Waals surface area contributed by atoms with Crippen molar-refractivity contribution >= 4 is 29.2 Å². The number of carbonyl (C=O) groups excluding carboxylic acids is 2. The quantitative estimate of drug-likeness (QED) is 0.266.